The highest BCUT2D eigenvalue weighted by molar-refractivity contribution is 7.80. The minimum Gasteiger partial charge on any atom is -0.481 e. The molecule has 0 radical (unpaired) electrons. The van der Waals surface area contributed by atoms with Crippen molar-refractivity contribution in [2.75, 3.05) is 17.3 Å². The van der Waals surface area contributed by atoms with E-state index in [0.717, 1.165) is 0 Å². The minimum absolute atomic E-state index is 0.234. The molecule has 0 aliphatic heterocycles. The molecule has 0 saturated heterocycles. The SMILES string of the molecule is CC(C)C[C@H](NC(=O)[C@H](CC(=O)O)NC(=O)[C@H](CC(N)=O)NC(=O)[C@H](CCC(=O)O)NC(=O)[C@H](CS)NC(=O)[C@@H](NC(=O)[C@H](C)N)C(C)C)C(=O)N[C@@H](CC(N)=O)C(=O)N[C@@H](CS)C(=O)N[C@@H](CS)C(=O)O. The van der Waals surface area contributed by atoms with Crippen LogP contribution < -0.4 is 65.1 Å². The van der Waals surface area contributed by atoms with Crippen LogP contribution in [0.25, 0.3) is 0 Å². The number of hydrogen-bond donors (Lipinski definition) is 18. The van der Waals surface area contributed by atoms with Crippen molar-refractivity contribution in [2.45, 2.75) is 134 Å². The monoisotopic (exact) mass is 1080 g/mol. The zero-order valence-electron chi connectivity index (χ0n) is 39.9. The number of rotatable bonds is 34. The van der Waals surface area contributed by atoms with Crippen LogP contribution in [0.5, 0.6) is 0 Å². The average Bonchev–Trinajstić information content (AvgIpc) is 3.26. The van der Waals surface area contributed by atoms with Gasteiger partial charge < -0.3 is 80.4 Å². The number of carbonyl (C=O) groups is 14. The summed E-state index contributed by atoms with van der Waals surface area (Å²) in [5, 5.41) is 48.3. The van der Waals surface area contributed by atoms with Gasteiger partial charge in [-0.3, -0.25) is 62.3 Å². The molecule has 0 aromatic carbocycles. The topological polar surface area (TPSA) is 486 Å². The van der Waals surface area contributed by atoms with Gasteiger partial charge in [-0.1, -0.05) is 27.7 Å². The lowest BCUT2D eigenvalue weighted by atomic mass is 10.0. The van der Waals surface area contributed by atoms with E-state index in [-0.39, 0.29) is 12.2 Å². The Balaban J connectivity index is 6.63. The molecule has 29 nitrogen and oxygen atoms in total. The number of primary amides is 2. The Hall–Kier alpha value is -6.41. The quantitative estimate of drug-likeness (QED) is 0.0266. The first-order chi connectivity index (χ1) is 33.4. The van der Waals surface area contributed by atoms with Crippen LogP contribution in [0.3, 0.4) is 0 Å². The number of thiol groups is 3. The molecule has 11 amide bonds. The third-order valence-electron chi connectivity index (χ3n) is 9.80. The molecule has 0 aliphatic rings. The van der Waals surface area contributed by atoms with Crippen molar-refractivity contribution < 1.29 is 82.4 Å². The predicted octanol–water partition coefficient (Wildman–Crippen LogP) is -6.64. The fourth-order valence-corrected chi connectivity index (χ4v) is 6.77. The third kappa shape index (κ3) is 24.6. The maximum Gasteiger partial charge on any atom is 0.327 e. The number of nitrogens with one attached hydrogen (secondary N) is 9. The maximum atomic E-state index is 13.7. The van der Waals surface area contributed by atoms with Crippen molar-refractivity contribution in [1.29, 1.82) is 0 Å². The van der Waals surface area contributed by atoms with Gasteiger partial charge in [0.05, 0.1) is 25.3 Å². The summed E-state index contributed by atoms with van der Waals surface area (Å²) in [5.74, 6) is -19.1. The molecule has 0 aromatic rings. The molecule has 0 aromatic heterocycles. The summed E-state index contributed by atoms with van der Waals surface area (Å²) >= 11 is 11.9. The molecule has 10 atom stereocenters. The smallest absolute Gasteiger partial charge is 0.327 e. The summed E-state index contributed by atoms with van der Waals surface area (Å²) in [7, 11) is 0. The maximum absolute atomic E-state index is 13.7. The summed E-state index contributed by atoms with van der Waals surface area (Å²) < 4.78 is 0. The fraction of sp³-hybridized carbons (Fsp3) is 0.650. The van der Waals surface area contributed by atoms with Gasteiger partial charge in [0.1, 0.15) is 54.4 Å². The zero-order valence-corrected chi connectivity index (χ0v) is 42.6. The lowest BCUT2D eigenvalue weighted by Crippen LogP contribution is -2.61. The first-order valence-corrected chi connectivity index (χ1v) is 23.8. The van der Waals surface area contributed by atoms with E-state index in [1.165, 1.54) is 6.92 Å². The summed E-state index contributed by atoms with van der Waals surface area (Å²) in [5.41, 5.74) is 16.2. The van der Waals surface area contributed by atoms with Gasteiger partial charge in [0.25, 0.3) is 0 Å². The van der Waals surface area contributed by atoms with Gasteiger partial charge in [-0.25, -0.2) is 4.79 Å². The Labute approximate surface area is 429 Å². The van der Waals surface area contributed by atoms with Crippen LogP contribution in [0, 0.1) is 11.8 Å². The van der Waals surface area contributed by atoms with Crippen molar-refractivity contribution in [3.63, 3.8) is 0 Å². The van der Waals surface area contributed by atoms with E-state index in [0.29, 0.717) is 0 Å². The highest BCUT2D eigenvalue weighted by Gasteiger charge is 2.37. The number of amides is 11. The third-order valence-corrected chi connectivity index (χ3v) is 10.9. The molecule has 0 rings (SSSR count). The Morgan fingerprint density at radius 3 is 1.10 bits per heavy atom. The fourth-order valence-electron chi connectivity index (χ4n) is 6.01. The molecule has 0 aliphatic carbocycles. The van der Waals surface area contributed by atoms with Gasteiger partial charge in [-0.15, -0.1) is 0 Å². The van der Waals surface area contributed by atoms with Gasteiger partial charge in [0.2, 0.25) is 65.0 Å². The number of carboxylic acid groups (broad SMARTS) is 3. The number of carbonyl (C=O) groups excluding carboxylic acids is 11. The molecule has 0 saturated carbocycles. The molecular weight excluding hydrogens is 1020 g/mol. The van der Waals surface area contributed by atoms with E-state index in [9.17, 15) is 82.4 Å². The molecular formula is C40H66N12O17S3. The summed E-state index contributed by atoms with van der Waals surface area (Å²) in [6.45, 7) is 7.72. The van der Waals surface area contributed by atoms with Gasteiger partial charge in [0, 0.05) is 23.7 Å². The lowest BCUT2D eigenvalue weighted by Gasteiger charge is -2.28. The molecule has 406 valence electrons. The number of hydrogen-bond acceptors (Lipinski definition) is 18. The summed E-state index contributed by atoms with van der Waals surface area (Å²) in [6.07, 6.45) is -4.74. The summed E-state index contributed by atoms with van der Waals surface area (Å²) in [6, 6.07) is -16.1. The largest absolute Gasteiger partial charge is 0.481 e. The van der Waals surface area contributed by atoms with Crippen LogP contribution in [0.4, 0.5) is 0 Å². The van der Waals surface area contributed by atoms with Crippen molar-refractivity contribution in [3.05, 3.63) is 0 Å². The van der Waals surface area contributed by atoms with Crippen molar-refractivity contribution >= 4 is 121 Å². The molecule has 0 spiro atoms. The van der Waals surface area contributed by atoms with Gasteiger partial charge in [-0.05, 0) is 31.6 Å². The molecule has 0 unspecified atom stereocenters. The van der Waals surface area contributed by atoms with Crippen LogP contribution in [0.15, 0.2) is 0 Å². The summed E-state index contributed by atoms with van der Waals surface area (Å²) in [4.78, 5) is 179. The Morgan fingerprint density at radius 1 is 0.417 bits per heavy atom. The van der Waals surface area contributed by atoms with Crippen LogP contribution in [0.2, 0.25) is 0 Å². The van der Waals surface area contributed by atoms with Crippen molar-refractivity contribution in [2.24, 2.45) is 29.0 Å². The second-order valence-electron chi connectivity index (χ2n) is 16.9. The highest BCUT2D eigenvalue weighted by Crippen LogP contribution is 2.10. The Morgan fingerprint density at radius 2 is 0.750 bits per heavy atom. The normalized spacial score (nSPS) is 15.2. The van der Waals surface area contributed by atoms with Crippen LogP contribution in [-0.4, -0.2) is 176 Å². The van der Waals surface area contributed by atoms with Gasteiger partial charge >= 0.3 is 17.9 Å². The van der Waals surface area contributed by atoms with Crippen LogP contribution >= 0.6 is 37.9 Å². The number of aliphatic carboxylic acids is 3. The van der Waals surface area contributed by atoms with E-state index < -0.39 is 199 Å². The highest BCUT2D eigenvalue weighted by atomic mass is 32.1. The second-order valence-corrected chi connectivity index (χ2v) is 18.0. The van der Waals surface area contributed by atoms with Gasteiger partial charge in [0.15, 0.2) is 0 Å². The Kier molecular flexibility index (Phi) is 29.6. The van der Waals surface area contributed by atoms with E-state index in [1.807, 2.05) is 5.32 Å². The van der Waals surface area contributed by atoms with Crippen LogP contribution in [-0.2, 0) is 67.1 Å². The second kappa shape index (κ2) is 32.5. The molecule has 18 N–H and O–H groups in total. The van der Waals surface area contributed by atoms with E-state index >= 15 is 0 Å². The standard InChI is InChI=1S/C40H66N12O17S3/c1-15(2)8-19(33(61)47-21(10-27(43)54)35(63)49-23(12-70)38(66)51-25(14-72)40(68)69)45-36(64)22(11-29(57)58)48-34(62)20(9-26(42)53)46-32(60)18(6-7-28(55)56)44-37(65)24(13-71)50-39(67)30(16(3)4)52-31(59)17(5)41/h15-25,30,70-72H,6-14,41H2,1-5H3,(H2,42,53)(H2,43,54)(H,44,65)(H,45,64)(H,46,60)(H,47,61)(H,48,62)(H,49,63)(H,50,67)(H,51,66)(H,52,59)(H,55,56)(H,57,58)(H,68,69)/t17-,18-,19-,20-,21-,22-,23-,24-,25-,30-/m0/s1. The van der Waals surface area contributed by atoms with E-state index in [2.05, 4.69) is 80.4 Å². The van der Waals surface area contributed by atoms with Crippen molar-refractivity contribution in [1.82, 2.24) is 47.9 Å². The first-order valence-electron chi connectivity index (χ1n) is 21.9. The number of nitrogens with two attached hydrogens (primary N) is 3. The first kappa shape index (κ1) is 65.6. The van der Waals surface area contributed by atoms with E-state index in [1.54, 1.807) is 27.7 Å². The Bertz CT molecular complexity index is 2010. The van der Waals surface area contributed by atoms with E-state index in [4.69, 9.17) is 17.2 Å². The molecule has 0 heterocycles. The molecule has 72 heavy (non-hydrogen) atoms. The molecule has 32 heteroatoms. The zero-order chi connectivity index (χ0) is 55.7. The molecule has 0 fully saturated rings. The average molecular weight is 1080 g/mol. The van der Waals surface area contributed by atoms with Crippen LogP contribution in [0.1, 0.15) is 73.1 Å². The molecule has 0 bridgehead atoms. The number of carboxylic acids is 3. The minimum atomic E-state index is -2.09. The predicted molar refractivity (Wildman–Crippen MR) is 261 cm³/mol. The lowest BCUT2D eigenvalue weighted by molar-refractivity contribution is -0.142. The van der Waals surface area contributed by atoms with Gasteiger partial charge in [-0.2, -0.15) is 37.9 Å². The van der Waals surface area contributed by atoms with Crippen molar-refractivity contribution in [3.8, 4) is 0 Å².